The number of rotatable bonds is 2. The van der Waals surface area contributed by atoms with Crippen LogP contribution < -0.4 is 0 Å². The van der Waals surface area contributed by atoms with Gasteiger partial charge in [-0.15, -0.1) is 0 Å². The lowest BCUT2D eigenvalue weighted by atomic mass is 10.3. The van der Waals surface area contributed by atoms with E-state index in [0.29, 0.717) is 26.2 Å². The van der Waals surface area contributed by atoms with Crippen molar-refractivity contribution in [1.82, 2.24) is 9.80 Å². The van der Waals surface area contributed by atoms with Crippen LogP contribution in [0.2, 0.25) is 0 Å². The van der Waals surface area contributed by atoms with Gasteiger partial charge < -0.3 is 9.80 Å². The maximum absolute atomic E-state index is 11.3. The highest BCUT2D eigenvalue weighted by molar-refractivity contribution is 5.88. The molecule has 0 bridgehead atoms. The zero-order valence-electron chi connectivity index (χ0n) is 8.82. The van der Waals surface area contributed by atoms with Crippen molar-refractivity contribution in [2.75, 3.05) is 26.2 Å². The molecule has 4 heteroatoms. The van der Waals surface area contributed by atoms with Crippen molar-refractivity contribution in [1.29, 1.82) is 0 Å². The topological polar surface area (TPSA) is 40.6 Å². The van der Waals surface area contributed by atoms with Crippen LogP contribution in [-0.2, 0) is 9.59 Å². The largest absolute Gasteiger partial charge is 0.337 e. The summed E-state index contributed by atoms with van der Waals surface area (Å²) in [6.07, 6.45) is 3.43. The molecular weight excluding hydrogens is 192 g/mol. The van der Waals surface area contributed by atoms with E-state index in [1.165, 1.54) is 12.2 Å². The van der Waals surface area contributed by atoms with E-state index in [9.17, 15) is 9.59 Å². The molecule has 0 N–H and O–H groups in total. The quantitative estimate of drug-likeness (QED) is 0.617. The fourth-order valence-corrected chi connectivity index (χ4v) is 1.62. The Labute approximate surface area is 89.8 Å². The minimum Gasteiger partial charge on any atom is -0.337 e. The second-order valence-corrected chi connectivity index (χ2v) is 3.41. The predicted molar refractivity (Wildman–Crippen MR) is 58.2 cm³/mol. The third-order valence-electron chi connectivity index (χ3n) is 2.47. The fraction of sp³-hybridized carbons (Fsp3) is 0.455. The zero-order valence-corrected chi connectivity index (χ0v) is 8.82. The first-order chi connectivity index (χ1) is 7.19. The van der Waals surface area contributed by atoms with Crippen LogP contribution in [0.3, 0.4) is 0 Å². The van der Waals surface area contributed by atoms with E-state index in [-0.39, 0.29) is 11.8 Å². The summed E-state index contributed by atoms with van der Waals surface area (Å²) in [7, 11) is 0. The number of hydrogen-bond donors (Lipinski definition) is 0. The average molecular weight is 208 g/mol. The lowest BCUT2D eigenvalue weighted by Crippen LogP contribution is -2.35. The van der Waals surface area contributed by atoms with Crippen LogP contribution in [0.5, 0.6) is 0 Å². The zero-order chi connectivity index (χ0) is 11.3. The molecule has 0 aromatic carbocycles. The second-order valence-electron chi connectivity index (χ2n) is 3.41. The maximum atomic E-state index is 11.3. The summed E-state index contributed by atoms with van der Waals surface area (Å²) in [5, 5.41) is 0. The third-order valence-corrected chi connectivity index (χ3v) is 2.47. The molecule has 1 aliphatic rings. The lowest BCUT2D eigenvalue weighted by Gasteiger charge is -2.20. The molecule has 0 atom stereocenters. The molecule has 0 unspecified atom stereocenters. The molecule has 1 heterocycles. The first kappa shape index (κ1) is 11.5. The third kappa shape index (κ3) is 2.94. The molecule has 1 rings (SSSR count). The van der Waals surface area contributed by atoms with E-state index < -0.39 is 0 Å². The highest BCUT2D eigenvalue weighted by atomic mass is 16.2. The first-order valence-electron chi connectivity index (χ1n) is 5.01. The molecule has 1 saturated heterocycles. The normalized spacial score (nSPS) is 16.8. The van der Waals surface area contributed by atoms with Gasteiger partial charge in [0.25, 0.3) is 0 Å². The van der Waals surface area contributed by atoms with Crippen molar-refractivity contribution in [2.24, 2.45) is 0 Å². The molecule has 0 saturated carbocycles. The standard InChI is InChI=1S/C11H16N2O2/c1-3-10(14)12-6-5-7-13(9-8-12)11(15)4-2/h3-4H,1-2,5-9H2. The number of amides is 2. The van der Waals surface area contributed by atoms with E-state index in [0.717, 1.165) is 6.42 Å². The molecule has 2 amide bonds. The summed E-state index contributed by atoms with van der Waals surface area (Å²) in [6.45, 7) is 9.42. The van der Waals surface area contributed by atoms with Gasteiger partial charge in [0, 0.05) is 26.2 Å². The molecule has 1 fully saturated rings. The molecule has 0 aromatic rings. The SMILES string of the molecule is C=CC(=O)N1CCCN(C(=O)C=C)CC1. The van der Waals surface area contributed by atoms with Crippen LogP contribution in [0.15, 0.2) is 25.3 Å². The van der Waals surface area contributed by atoms with Gasteiger partial charge in [0.2, 0.25) is 11.8 Å². The monoisotopic (exact) mass is 208 g/mol. The molecule has 0 radical (unpaired) electrons. The van der Waals surface area contributed by atoms with Gasteiger partial charge in [-0.3, -0.25) is 9.59 Å². The van der Waals surface area contributed by atoms with Crippen molar-refractivity contribution < 1.29 is 9.59 Å². The highest BCUT2D eigenvalue weighted by Gasteiger charge is 2.18. The molecule has 0 spiro atoms. The second kappa shape index (κ2) is 5.34. The molecule has 4 nitrogen and oxygen atoms in total. The molecular formula is C11H16N2O2. The van der Waals surface area contributed by atoms with Crippen LogP contribution >= 0.6 is 0 Å². The van der Waals surface area contributed by atoms with Crippen molar-refractivity contribution in [2.45, 2.75) is 6.42 Å². The van der Waals surface area contributed by atoms with E-state index in [1.54, 1.807) is 9.80 Å². The van der Waals surface area contributed by atoms with Gasteiger partial charge in [0.15, 0.2) is 0 Å². The summed E-state index contributed by atoms with van der Waals surface area (Å²) in [4.78, 5) is 26.1. The first-order valence-corrected chi connectivity index (χ1v) is 5.01. The van der Waals surface area contributed by atoms with Gasteiger partial charge in [-0.05, 0) is 18.6 Å². The molecule has 15 heavy (non-hydrogen) atoms. The molecule has 0 aromatic heterocycles. The van der Waals surface area contributed by atoms with Crippen LogP contribution in [0.25, 0.3) is 0 Å². The van der Waals surface area contributed by atoms with Gasteiger partial charge in [0.05, 0.1) is 0 Å². The Morgan fingerprint density at radius 3 is 1.60 bits per heavy atom. The van der Waals surface area contributed by atoms with Crippen molar-refractivity contribution in [3.8, 4) is 0 Å². The minimum absolute atomic E-state index is 0.0668. The molecule has 82 valence electrons. The van der Waals surface area contributed by atoms with Gasteiger partial charge in [-0.25, -0.2) is 0 Å². The number of hydrogen-bond acceptors (Lipinski definition) is 2. The van der Waals surface area contributed by atoms with Gasteiger partial charge in [-0.1, -0.05) is 13.2 Å². The summed E-state index contributed by atoms with van der Waals surface area (Å²) < 4.78 is 0. The Balaban J connectivity index is 2.55. The van der Waals surface area contributed by atoms with E-state index in [1.807, 2.05) is 0 Å². The van der Waals surface area contributed by atoms with Crippen molar-refractivity contribution in [3.63, 3.8) is 0 Å². The molecule has 0 aliphatic carbocycles. The smallest absolute Gasteiger partial charge is 0.246 e. The maximum Gasteiger partial charge on any atom is 0.246 e. The Bertz CT molecular complexity index is 258. The average Bonchev–Trinajstić information content (AvgIpc) is 2.52. The highest BCUT2D eigenvalue weighted by Crippen LogP contribution is 2.04. The summed E-state index contributed by atoms with van der Waals surface area (Å²) in [5.74, 6) is -0.134. The molecule has 1 aliphatic heterocycles. The Hall–Kier alpha value is -1.58. The lowest BCUT2D eigenvalue weighted by molar-refractivity contribution is -0.128. The van der Waals surface area contributed by atoms with E-state index in [4.69, 9.17) is 0 Å². The van der Waals surface area contributed by atoms with Gasteiger partial charge >= 0.3 is 0 Å². The Kier molecular flexibility index (Phi) is 4.09. The van der Waals surface area contributed by atoms with E-state index >= 15 is 0 Å². The van der Waals surface area contributed by atoms with Crippen LogP contribution in [0.4, 0.5) is 0 Å². The van der Waals surface area contributed by atoms with Gasteiger partial charge in [0.1, 0.15) is 0 Å². The number of carbonyl (C=O) groups excluding carboxylic acids is 2. The Morgan fingerprint density at radius 1 is 0.867 bits per heavy atom. The Morgan fingerprint density at radius 2 is 1.27 bits per heavy atom. The summed E-state index contributed by atoms with van der Waals surface area (Å²) >= 11 is 0. The summed E-state index contributed by atoms with van der Waals surface area (Å²) in [5.41, 5.74) is 0. The number of nitrogens with zero attached hydrogens (tertiary/aromatic N) is 2. The number of carbonyl (C=O) groups is 2. The fourth-order valence-electron chi connectivity index (χ4n) is 1.62. The summed E-state index contributed by atoms with van der Waals surface area (Å²) in [6, 6.07) is 0. The van der Waals surface area contributed by atoms with Gasteiger partial charge in [-0.2, -0.15) is 0 Å². The van der Waals surface area contributed by atoms with Crippen LogP contribution in [0, 0.1) is 0 Å². The minimum atomic E-state index is -0.0668. The predicted octanol–water partition coefficient (Wildman–Crippen LogP) is 0.419. The van der Waals surface area contributed by atoms with E-state index in [2.05, 4.69) is 13.2 Å². The van der Waals surface area contributed by atoms with Crippen molar-refractivity contribution in [3.05, 3.63) is 25.3 Å². The van der Waals surface area contributed by atoms with Crippen molar-refractivity contribution >= 4 is 11.8 Å². The van der Waals surface area contributed by atoms with Crippen LogP contribution in [0.1, 0.15) is 6.42 Å². The van der Waals surface area contributed by atoms with Crippen LogP contribution in [-0.4, -0.2) is 47.8 Å².